The Morgan fingerprint density at radius 3 is 1.73 bits per heavy atom. The van der Waals surface area contributed by atoms with Crippen molar-refractivity contribution in [3.63, 3.8) is 0 Å². The smallest absolute Gasteiger partial charge is 0.187 e. The van der Waals surface area contributed by atoms with Crippen LogP contribution in [0.25, 0.3) is 0 Å². The summed E-state index contributed by atoms with van der Waals surface area (Å²) in [4.78, 5) is 0. The molecule has 9 rings (SSSR count). The molecule has 9 aliphatic rings. The van der Waals surface area contributed by atoms with Gasteiger partial charge in [0.25, 0.3) is 0 Å². The third-order valence-electron chi connectivity index (χ3n) is 22.8. The van der Waals surface area contributed by atoms with E-state index in [4.69, 9.17) is 52.5 Å². The number of hydrogen-bond donors (Lipinski definition) is 18. The zero-order valence-corrected chi connectivity index (χ0v) is 52.5. The van der Waals surface area contributed by atoms with E-state index in [1.165, 1.54) is 19.9 Å². The molecule has 90 heavy (non-hydrogen) atoms. The second kappa shape index (κ2) is 28.2. The zero-order valence-electron chi connectivity index (χ0n) is 52.5. The van der Waals surface area contributed by atoms with E-state index in [1.807, 2.05) is 13.8 Å². The van der Waals surface area contributed by atoms with Crippen molar-refractivity contribution in [2.45, 2.75) is 285 Å². The Labute approximate surface area is 523 Å². The highest BCUT2D eigenvalue weighted by Gasteiger charge is 2.70. The summed E-state index contributed by atoms with van der Waals surface area (Å²) in [5, 5.41) is 195. The molecule has 4 aliphatic carbocycles. The first-order chi connectivity index (χ1) is 42.2. The third-order valence-corrected chi connectivity index (χ3v) is 22.8. The number of hydrogen-bond acceptors (Lipinski definition) is 28. The minimum Gasteiger partial charge on any atom is -0.507 e. The zero-order chi connectivity index (χ0) is 66.1. The molecule has 0 radical (unpaired) electrons. The minimum atomic E-state index is -1.93. The SMILES string of the molecule is C[C@H](CC[C@@H](O[C@@H]1OC(CO[C@H]2OC(C=C=CO)[C@@H](O)C[C@H]2O)[C@@H](O)[C@H](O)[C@H]1O[C@H]1O[C@@H](CO)[C@H](O)[C@@H](O)[C@@H]1O)C(C)(C)O)C1CC[C@@]2(C)C3CC=C4C(CC[C@H](O[C@@H]5O[C@H](CO[C@@H]6O[C@H](CO)[C@@H](O)[C@H](O)[C@H]6O)[C@@H](O)[C@H](O)[C@H]5O)C4(C)C)[C@]3(C)[C@H](O)C[C@]12C. The van der Waals surface area contributed by atoms with Crippen molar-refractivity contribution in [1.82, 2.24) is 0 Å². The lowest BCUT2D eigenvalue weighted by Gasteiger charge is -2.67. The van der Waals surface area contributed by atoms with Crippen LogP contribution >= 0.6 is 0 Å². The van der Waals surface area contributed by atoms with E-state index in [9.17, 15) is 86.8 Å². The number of fused-ring (bicyclic) bond motifs is 5. The molecule has 0 amide bonds. The van der Waals surface area contributed by atoms with Crippen LogP contribution in [0.3, 0.4) is 0 Å². The highest BCUT2D eigenvalue weighted by atomic mass is 16.8. The second-order valence-corrected chi connectivity index (χ2v) is 28.8. The van der Waals surface area contributed by atoms with Crippen LogP contribution in [0, 0.1) is 45.3 Å². The molecule has 518 valence electrons. The average Bonchev–Trinajstić information content (AvgIpc) is 1.30. The van der Waals surface area contributed by atoms with Gasteiger partial charge in [0.1, 0.15) is 116 Å². The maximum atomic E-state index is 12.9. The second-order valence-electron chi connectivity index (χ2n) is 28.8. The summed E-state index contributed by atoms with van der Waals surface area (Å²) in [5.74, 6) is 0.0319. The van der Waals surface area contributed by atoms with E-state index in [0.29, 0.717) is 38.4 Å². The number of aliphatic hydroxyl groups is 18. The summed E-state index contributed by atoms with van der Waals surface area (Å²) in [6.45, 7) is 13.6. The van der Waals surface area contributed by atoms with Gasteiger partial charge in [0, 0.05) is 17.3 Å². The van der Waals surface area contributed by atoms with Gasteiger partial charge >= 0.3 is 0 Å². The molecule has 5 saturated heterocycles. The van der Waals surface area contributed by atoms with E-state index in [0.717, 1.165) is 18.4 Å². The summed E-state index contributed by atoms with van der Waals surface area (Å²) < 4.78 is 59.9. The fourth-order valence-electron chi connectivity index (χ4n) is 17.1. The maximum Gasteiger partial charge on any atom is 0.187 e. The lowest BCUT2D eigenvalue weighted by Crippen LogP contribution is -2.65. The molecule has 0 aromatic carbocycles. The van der Waals surface area contributed by atoms with E-state index in [2.05, 4.69) is 39.5 Å². The molecule has 5 unspecified atom stereocenters. The Hall–Kier alpha value is -2.02. The molecule has 0 aromatic rings. The Morgan fingerprint density at radius 1 is 0.611 bits per heavy atom. The highest BCUT2D eigenvalue weighted by Crippen LogP contribution is 2.75. The summed E-state index contributed by atoms with van der Waals surface area (Å²) in [7, 11) is 0. The van der Waals surface area contributed by atoms with Crippen molar-refractivity contribution < 1.29 is 139 Å². The topological polar surface area (TPSA) is 456 Å². The predicted octanol–water partition coefficient (Wildman–Crippen LogP) is -3.14. The molecule has 0 spiro atoms. The van der Waals surface area contributed by atoms with Gasteiger partial charge in [-0.05, 0) is 106 Å². The molecule has 28 nitrogen and oxygen atoms in total. The summed E-state index contributed by atoms with van der Waals surface area (Å²) in [5.41, 5.74) is -0.0170. The quantitative estimate of drug-likeness (QED) is 0.0325. The number of ether oxygens (including phenoxy) is 10. The van der Waals surface area contributed by atoms with Gasteiger partial charge < -0.3 is 139 Å². The van der Waals surface area contributed by atoms with Gasteiger partial charge in [0.2, 0.25) is 0 Å². The van der Waals surface area contributed by atoms with Crippen LogP contribution < -0.4 is 0 Å². The van der Waals surface area contributed by atoms with Gasteiger partial charge in [-0.15, -0.1) is 0 Å². The fraction of sp³-hybridized carbons (Fsp3) is 0.919. The standard InChI is InChI=1S/C62H102O28/c1-26(11-15-40(59(4,5)80)89-57-52(90-56-51(79)46(74)42(70)34(23-65)85-56)48(76)44(72)36(87-57)24-81-53-31(67)20-30(66)32(83-53)10-9-19-63)27-17-18-60(6)37-14-12-28-29(62(37,8)38(68)21-61(27,60)7)13-16-39(58(28,2)3)88-55-50(78)47(75)43(71)35(86-55)25-82-54-49(77)45(73)41(69)33(22-64)84-54/h10,12,19,26-27,29-57,63-80H,11,13-18,20-25H2,1-8H3/t9?,26-,27?,29?,30+,31-,32?,33-,34+,35-,36?,37?,38-,39+,40-,41-,42+,43-,44-,45+,46-,47+,48+,49-,50-,51+,52-,53+,54-,55+,56-,57+,60+,61-,62+/m1/s1. The van der Waals surface area contributed by atoms with E-state index in [1.54, 1.807) is 0 Å². The van der Waals surface area contributed by atoms with Crippen molar-refractivity contribution in [1.29, 1.82) is 0 Å². The summed E-state index contributed by atoms with van der Waals surface area (Å²) in [6, 6.07) is 0. The highest BCUT2D eigenvalue weighted by molar-refractivity contribution is 5.32. The van der Waals surface area contributed by atoms with Crippen LogP contribution in [0.2, 0.25) is 0 Å². The van der Waals surface area contributed by atoms with Crippen LogP contribution in [0.1, 0.15) is 113 Å². The monoisotopic (exact) mass is 1290 g/mol. The van der Waals surface area contributed by atoms with Crippen molar-refractivity contribution >= 4 is 0 Å². The number of allylic oxidation sites excluding steroid dienone is 1. The van der Waals surface area contributed by atoms with Crippen LogP contribution in [0.5, 0.6) is 0 Å². The van der Waals surface area contributed by atoms with Crippen molar-refractivity contribution in [3.05, 3.63) is 29.7 Å². The van der Waals surface area contributed by atoms with Gasteiger partial charge in [-0.1, -0.05) is 58.9 Å². The Kier molecular flexibility index (Phi) is 22.6. The van der Waals surface area contributed by atoms with Crippen LogP contribution in [-0.2, 0) is 47.4 Å². The Bertz CT molecular complexity index is 2460. The van der Waals surface area contributed by atoms with Gasteiger partial charge in [0.05, 0.1) is 56.4 Å². The minimum absolute atomic E-state index is 0.0205. The van der Waals surface area contributed by atoms with Crippen molar-refractivity contribution in [2.75, 3.05) is 26.4 Å². The van der Waals surface area contributed by atoms with E-state index >= 15 is 0 Å². The summed E-state index contributed by atoms with van der Waals surface area (Å²) in [6.07, 6.45) is -31.9. The van der Waals surface area contributed by atoms with Gasteiger partial charge in [-0.3, -0.25) is 0 Å². The number of aliphatic hydroxyl groups excluding tert-OH is 17. The molecular weight excluding hydrogens is 1190 g/mol. The van der Waals surface area contributed by atoms with E-state index in [-0.39, 0.29) is 47.3 Å². The van der Waals surface area contributed by atoms with Crippen LogP contribution in [0.4, 0.5) is 0 Å². The van der Waals surface area contributed by atoms with Crippen molar-refractivity contribution in [3.8, 4) is 0 Å². The molecule has 18 N–H and O–H groups in total. The third kappa shape index (κ3) is 13.4. The molecule has 0 bridgehead atoms. The van der Waals surface area contributed by atoms with Gasteiger partial charge in [-0.25, -0.2) is 0 Å². The Morgan fingerprint density at radius 2 is 1.14 bits per heavy atom. The molecule has 3 saturated carbocycles. The van der Waals surface area contributed by atoms with Crippen molar-refractivity contribution in [2.24, 2.45) is 45.3 Å². The lowest BCUT2D eigenvalue weighted by molar-refractivity contribution is -0.379. The molecular formula is C62H102O28. The maximum absolute atomic E-state index is 12.9. The molecule has 28 heteroatoms. The first-order valence-electron chi connectivity index (χ1n) is 31.9. The average molecular weight is 1300 g/mol. The normalized spacial score (nSPS) is 50.3. The first-order valence-corrected chi connectivity index (χ1v) is 31.9. The number of rotatable bonds is 20. The Balaban J connectivity index is 0.883. The van der Waals surface area contributed by atoms with Gasteiger partial charge in [-0.2, -0.15) is 0 Å². The first kappa shape index (κ1) is 72.3. The fourth-order valence-corrected chi connectivity index (χ4v) is 17.1. The molecule has 5 heterocycles. The van der Waals surface area contributed by atoms with Gasteiger partial charge in [0.15, 0.2) is 31.5 Å². The molecule has 5 aliphatic heterocycles. The van der Waals surface area contributed by atoms with Crippen LogP contribution in [-0.4, -0.2) is 290 Å². The molecule has 0 aromatic heterocycles. The largest absolute Gasteiger partial charge is 0.507 e. The lowest BCUT2D eigenvalue weighted by atomic mass is 9.38. The molecule has 8 fully saturated rings. The van der Waals surface area contributed by atoms with E-state index < -0.39 is 209 Å². The predicted molar refractivity (Wildman–Crippen MR) is 307 cm³/mol. The summed E-state index contributed by atoms with van der Waals surface area (Å²) >= 11 is 0. The van der Waals surface area contributed by atoms with Crippen LogP contribution in [0.15, 0.2) is 29.7 Å². The molecule has 34 atom stereocenters.